The number of ether oxygens (including phenoxy) is 1. The van der Waals surface area contributed by atoms with Crippen molar-refractivity contribution >= 4 is 21.6 Å². The molecule has 0 saturated carbocycles. The van der Waals surface area contributed by atoms with Crippen LogP contribution in [-0.2, 0) is 21.2 Å². The number of alkyl halides is 1. The Labute approximate surface area is 119 Å². The van der Waals surface area contributed by atoms with Crippen LogP contribution in [0.1, 0.15) is 12.0 Å². The van der Waals surface area contributed by atoms with Crippen molar-refractivity contribution < 1.29 is 13.2 Å². The molecule has 0 bridgehead atoms. The Morgan fingerprint density at radius 2 is 2.11 bits per heavy atom. The molecule has 0 aromatic carbocycles. The molecule has 0 spiro atoms. The van der Waals surface area contributed by atoms with Crippen molar-refractivity contribution in [2.75, 3.05) is 26.0 Å². The molecule has 5 nitrogen and oxygen atoms in total. The molecule has 1 aromatic heterocycles. The maximum absolute atomic E-state index is 11.7. The van der Waals surface area contributed by atoms with Gasteiger partial charge in [0.2, 0.25) is 10.0 Å². The summed E-state index contributed by atoms with van der Waals surface area (Å²) in [4.78, 5) is 3.88. The van der Waals surface area contributed by atoms with Crippen molar-refractivity contribution in [2.24, 2.45) is 0 Å². The largest absolute Gasteiger partial charge is 0.383 e. The molecule has 19 heavy (non-hydrogen) atoms. The Morgan fingerprint density at radius 1 is 1.42 bits per heavy atom. The zero-order valence-electron chi connectivity index (χ0n) is 10.9. The highest BCUT2D eigenvalue weighted by Gasteiger charge is 2.11. The van der Waals surface area contributed by atoms with Crippen LogP contribution < -0.4 is 4.72 Å². The van der Waals surface area contributed by atoms with E-state index in [2.05, 4.69) is 9.71 Å². The van der Waals surface area contributed by atoms with Gasteiger partial charge < -0.3 is 4.74 Å². The maximum atomic E-state index is 11.7. The zero-order valence-corrected chi connectivity index (χ0v) is 12.5. The first kappa shape index (κ1) is 16.4. The molecule has 108 valence electrons. The van der Waals surface area contributed by atoms with Crippen molar-refractivity contribution in [3.63, 3.8) is 0 Å². The quantitative estimate of drug-likeness (QED) is 0.696. The van der Waals surface area contributed by atoms with Crippen LogP contribution >= 0.6 is 11.6 Å². The third-order valence-electron chi connectivity index (χ3n) is 2.54. The van der Waals surface area contributed by atoms with E-state index < -0.39 is 10.0 Å². The molecule has 0 amide bonds. The summed E-state index contributed by atoms with van der Waals surface area (Å²) < 4.78 is 30.9. The molecule has 0 aliphatic heterocycles. The fraction of sp³-hybridized carbons (Fsp3) is 0.583. The number of hydrogen-bond acceptors (Lipinski definition) is 4. The minimum Gasteiger partial charge on any atom is -0.383 e. The fourth-order valence-electron chi connectivity index (χ4n) is 1.51. The summed E-state index contributed by atoms with van der Waals surface area (Å²) in [5.74, 6) is 0.0637. The number of methoxy groups -OCH3 is 1. The summed E-state index contributed by atoms with van der Waals surface area (Å²) in [5, 5.41) is -0.173. The summed E-state index contributed by atoms with van der Waals surface area (Å²) in [6.45, 7) is 0.747. The second kappa shape index (κ2) is 8.47. The lowest BCUT2D eigenvalue weighted by molar-refractivity contribution is 0.196. The van der Waals surface area contributed by atoms with Gasteiger partial charge >= 0.3 is 0 Å². The van der Waals surface area contributed by atoms with E-state index in [9.17, 15) is 8.42 Å². The number of pyridine rings is 1. The van der Waals surface area contributed by atoms with Gasteiger partial charge in [-0.2, -0.15) is 0 Å². The number of halogens is 1. The van der Waals surface area contributed by atoms with Gasteiger partial charge in [0.05, 0.1) is 17.7 Å². The normalized spacial score (nSPS) is 13.4. The van der Waals surface area contributed by atoms with Gasteiger partial charge in [0.15, 0.2) is 0 Å². The average molecular weight is 307 g/mol. The van der Waals surface area contributed by atoms with Crippen molar-refractivity contribution in [3.8, 4) is 0 Å². The standard InChI is InChI=1S/C12H19ClN2O3S/c1-18-10-12(13)4-8-15-19(16,17)9-5-11-2-6-14-7-3-11/h2-3,6-7,12,15H,4-5,8-10H2,1H3. The number of aromatic nitrogens is 1. The van der Waals surface area contributed by atoms with E-state index in [1.807, 2.05) is 12.1 Å². The summed E-state index contributed by atoms with van der Waals surface area (Å²) in [6.07, 6.45) is 4.32. The average Bonchev–Trinajstić information content (AvgIpc) is 2.38. The Hall–Kier alpha value is -0.690. The number of aryl methyl sites for hydroxylation is 1. The lowest BCUT2D eigenvalue weighted by atomic mass is 10.2. The number of hydrogen-bond donors (Lipinski definition) is 1. The topological polar surface area (TPSA) is 68.3 Å². The number of nitrogens with zero attached hydrogens (tertiary/aromatic N) is 1. The van der Waals surface area contributed by atoms with Crippen LogP contribution in [0.15, 0.2) is 24.5 Å². The zero-order chi connectivity index (χ0) is 14.1. The summed E-state index contributed by atoms with van der Waals surface area (Å²) in [6, 6.07) is 3.62. The molecular formula is C12H19ClN2O3S. The molecule has 1 heterocycles. The Bertz CT molecular complexity index is 453. The van der Waals surface area contributed by atoms with Gasteiger partial charge in [-0.15, -0.1) is 11.6 Å². The van der Waals surface area contributed by atoms with Gasteiger partial charge in [0, 0.05) is 26.0 Å². The van der Waals surface area contributed by atoms with E-state index >= 15 is 0 Å². The minimum absolute atomic E-state index is 0.0637. The van der Waals surface area contributed by atoms with Crippen LogP contribution in [0.25, 0.3) is 0 Å². The third kappa shape index (κ3) is 7.47. The van der Waals surface area contributed by atoms with Crippen LogP contribution in [-0.4, -0.2) is 44.8 Å². The molecule has 1 rings (SSSR count). The van der Waals surface area contributed by atoms with Crippen molar-refractivity contribution in [2.45, 2.75) is 18.2 Å². The molecule has 1 N–H and O–H groups in total. The Morgan fingerprint density at radius 3 is 2.74 bits per heavy atom. The highest BCUT2D eigenvalue weighted by atomic mass is 35.5. The van der Waals surface area contributed by atoms with E-state index in [1.54, 1.807) is 19.5 Å². The lowest BCUT2D eigenvalue weighted by Gasteiger charge is -2.09. The van der Waals surface area contributed by atoms with Gasteiger partial charge in [-0.1, -0.05) is 0 Å². The van der Waals surface area contributed by atoms with E-state index in [-0.39, 0.29) is 11.1 Å². The monoisotopic (exact) mass is 306 g/mol. The van der Waals surface area contributed by atoms with Gasteiger partial charge in [-0.05, 0) is 30.5 Å². The molecular weight excluding hydrogens is 288 g/mol. The second-order valence-corrected chi connectivity index (χ2v) is 6.70. The second-order valence-electron chi connectivity index (χ2n) is 4.16. The highest BCUT2D eigenvalue weighted by molar-refractivity contribution is 7.89. The molecule has 1 unspecified atom stereocenters. The van der Waals surface area contributed by atoms with Crippen LogP contribution in [0, 0.1) is 0 Å². The molecule has 1 aromatic rings. The van der Waals surface area contributed by atoms with Gasteiger partial charge in [0.25, 0.3) is 0 Å². The van der Waals surface area contributed by atoms with E-state index in [0.717, 1.165) is 5.56 Å². The smallest absolute Gasteiger partial charge is 0.211 e. The molecule has 0 radical (unpaired) electrons. The number of nitrogens with one attached hydrogen (secondary N) is 1. The van der Waals surface area contributed by atoms with Crippen molar-refractivity contribution in [1.29, 1.82) is 0 Å². The molecule has 0 saturated heterocycles. The van der Waals surface area contributed by atoms with Gasteiger partial charge in [-0.3, -0.25) is 4.98 Å². The van der Waals surface area contributed by atoms with E-state index in [4.69, 9.17) is 16.3 Å². The van der Waals surface area contributed by atoms with Gasteiger partial charge in [0.1, 0.15) is 0 Å². The fourth-order valence-corrected chi connectivity index (χ4v) is 2.82. The molecule has 1 atom stereocenters. The third-order valence-corrected chi connectivity index (χ3v) is 4.27. The first-order valence-corrected chi connectivity index (χ1v) is 8.11. The predicted octanol–water partition coefficient (Wildman–Crippen LogP) is 1.19. The summed E-state index contributed by atoms with van der Waals surface area (Å²) >= 11 is 5.92. The summed E-state index contributed by atoms with van der Waals surface area (Å²) in [5.41, 5.74) is 0.954. The van der Waals surface area contributed by atoms with Crippen LogP contribution in [0.2, 0.25) is 0 Å². The van der Waals surface area contributed by atoms with E-state index in [1.165, 1.54) is 0 Å². The predicted molar refractivity (Wildman–Crippen MR) is 75.9 cm³/mol. The van der Waals surface area contributed by atoms with E-state index in [0.29, 0.717) is 26.0 Å². The summed E-state index contributed by atoms with van der Waals surface area (Å²) in [7, 11) is -1.70. The highest BCUT2D eigenvalue weighted by Crippen LogP contribution is 2.03. The van der Waals surface area contributed by atoms with Crippen LogP contribution in [0.5, 0.6) is 0 Å². The first-order valence-electron chi connectivity index (χ1n) is 6.03. The first-order chi connectivity index (χ1) is 9.03. The number of rotatable bonds is 9. The van der Waals surface area contributed by atoms with Gasteiger partial charge in [-0.25, -0.2) is 13.1 Å². The maximum Gasteiger partial charge on any atom is 0.211 e. The SMILES string of the molecule is COCC(Cl)CCNS(=O)(=O)CCc1ccncc1. The molecule has 7 heteroatoms. The molecule has 0 fully saturated rings. The lowest BCUT2D eigenvalue weighted by Crippen LogP contribution is -2.30. The van der Waals surface area contributed by atoms with Crippen molar-refractivity contribution in [3.05, 3.63) is 30.1 Å². The minimum atomic E-state index is -3.26. The Kier molecular flexibility index (Phi) is 7.30. The van der Waals surface area contributed by atoms with Crippen molar-refractivity contribution in [1.82, 2.24) is 9.71 Å². The number of sulfonamides is 1. The Balaban J connectivity index is 2.28. The van der Waals surface area contributed by atoms with Crippen LogP contribution in [0.4, 0.5) is 0 Å². The molecule has 0 aliphatic carbocycles. The van der Waals surface area contributed by atoms with Crippen LogP contribution in [0.3, 0.4) is 0 Å². The molecule has 0 aliphatic rings.